The summed E-state index contributed by atoms with van der Waals surface area (Å²) in [5.74, 6) is 0.786. The molecule has 1 aromatic rings. The number of rotatable bonds is 2. The van der Waals surface area contributed by atoms with Crippen LogP contribution in [0.5, 0.6) is 0 Å². The highest BCUT2D eigenvalue weighted by Gasteiger charge is 2.24. The molecule has 1 aliphatic carbocycles. The van der Waals surface area contributed by atoms with E-state index in [1.54, 1.807) is 0 Å². The van der Waals surface area contributed by atoms with E-state index in [1.165, 1.54) is 12.8 Å². The average Bonchev–Trinajstić information content (AvgIpc) is 2.72. The zero-order chi connectivity index (χ0) is 9.26. The molecule has 1 heterocycles. The molecule has 0 amide bonds. The van der Waals surface area contributed by atoms with Crippen LogP contribution in [-0.2, 0) is 0 Å². The van der Waals surface area contributed by atoms with E-state index in [2.05, 4.69) is 21.1 Å². The minimum Gasteiger partial charge on any atom is -0.352 e. The smallest absolute Gasteiger partial charge is 0.213 e. The van der Waals surface area contributed by atoms with Crippen molar-refractivity contribution >= 4 is 22.2 Å². The Kier molecular flexibility index (Phi) is 2.49. The number of carbonyl (C=O) groups excluding carboxylic acids is 1. The standard InChI is InChI=1S/C9H10BrNO2/c10-8-7(5-12)13-11-9(8)6-3-1-2-4-6/h5-6H,1-4H2. The van der Waals surface area contributed by atoms with Gasteiger partial charge in [-0.15, -0.1) is 0 Å². The molecular formula is C9H10BrNO2. The van der Waals surface area contributed by atoms with E-state index >= 15 is 0 Å². The summed E-state index contributed by atoms with van der Waals surface area (Å²) in [7, 11) is 0. The van der Waals surface area contributed by atoms with Gasteiger partial charge in [-0.05, 0) is 28.8 Å². The number of carbonyl (C=O) groups is 1. The number of aromatic nitrogens is 1. The van der Waals surface area contributed by atoms with Gasteiger partial charge < -0.3 is 4.52 Å². The van der Waals surface area contributed by atoms with Crippen molar-refractivity contribution < 1.29 is 9.32 Å². The van der Waals surface area contributed by atoms with E-state index in [0.29, 0.717) is 18.0 Å². The van der Waals surface area contributed by atoms with Crippen LogP contribution in [0.1, 0.15) is 47.8 Å². The third-order valence-electron chi connectivity index (χ3n) is 2.53. The molecule has 0 aromatic carbocycles. The van der Waals surface area contributed by atoms with Crippen LogP contribution in [0.4, 0.5) is 0 Å². The molecule has 2 rings (SSSR count). The molecule has 13 heavy (non-hydrogen) atoms. The van der Waals surface area contributed by atoms with Gasteiger partial charge in [0, 0.05) is 5.92 Å². The minimum atomic E-state index is 0.307. The lowest BCUT2D eigenvalue weighted by Gasteiger charge is -2.02. The van der Waals surface area contributed by atoms with Gasteiger partial charge in [-0.25, -0.2) is 0 Å². The number of halogens is 1. The van der Waals surface area contributed by atoms with Crippen LogP contribution in [0.2, 0.25) is 0 Å². The first-order valence-corrected chi connectivity index (χ1v) is 5.22. The van der Waals surface area contributed by atoms with Gasteiger partial charge in [0.15, 0.2) is 6.29 Å². The summed E-state index contributed by atoms with van der Waals surface area (Å²) < 4.78 is 5.64. The number of aldehydes is 1. The molecule has 1 aliphatic rings. The van der Waals surface area contributed by atoms with E-state index < -0.39 is 0 Å². The molecule has 0 radical (unpaired) electrons. The van der Waals surface area contributed by atoms with E-state index in [9.17, 15) is 4.79 Å². The monoisotopic (exact) mass is 243 g/mol. The lowest BCUT2D eigenvalue weighted by molar-refractivity contribution is 0.109. The molecule has 1 fully saturated rings. The van der Waals surface area contributed by atoms with E-state index in [0.717, 1.165) is 23.0 Å². The van der Waals surface area contributed by atoms with Gasteiger partial charge in [0.1, 0.15) is 5.69 Å². The second kappa shape index (κ2) is 3.62. The molecule has 3 nitrogen and oxygen atoms in total. The molecule has 0 atom stereocenters. The molecule has 4 heteroatoms. The third kappa shape index (κ3) is 1.55. The Bertz CT molecular complexity index is 315. The van der Waals surface area contributed by atoms with Crippen LogP contribution in [0.25, 0.3) is 0 Å². The maximum Gasteiger partial charge on any atom is 0.213 e. The topological polar surface area (TPSA) is 43.1 Å². The Hall–Kier alpha value is -0.640. The van der Waals surface area contributed by atoms with E-state index in [1.807, 2.05) is 0 Å². The van der Waals surface area contributed by atoms with Crippen molar-refractivity contribution in [3.05, 3.63) is 15.9 Å². The normalized spacial score (nSPS) is 17.9. The minimum absolute atomic E-state index is 0.307. The van der Waals surface area contributed by atoms with Crippen LogP contribution in [0, 0.1) is 0 Å². The highest BCUT2D eigenvalue weighted by atomic mass is 79.9. The first-order chi connectivity index (χ1) is 6.33. The van der Waals surface area contributed by atoms with Gasteiger partial charge in [0.25, 0.3) is 0 Å². The van der Waals surface area contributed by atoms with Crippen molar-refractivity contribution in [1.82, 2.24) is 5.16 Å². The maximum atomic E-state index is 10.5. The van der Waals surface area contributed by atoms with Gasteiger partial charge in [0.05, 0.1) is 4.47 Å². The number of hydrogen-bond donors (Lipinski definition) is 0. The summed E-state index contributed by atoms with van der Waals surface area (Å²) in [4.78, 5) is 10.5. The number of nitrogens with zero attached hydrogens (tertiary/aromatic N) is 1. The second-order valence-electron chi connectivity index (χ2n) is 3.35. The highest BCUT2D eigenvalue weighted by Crippen LogP contribution is 2.37. The molecule has 0 aliphatic heterocycles. The summed E-state index contributed by atoms with van der Waals surface area (Å²) in [5, 5.41) is 3.92. The first kappa shape index (κ1) is 8.94. The second-order valence-corrected chi connectivity index (χ2v) is 4.14. The Labute approximate surface area is 84.6 Å². The van der Waals surface area contributed by atoms with Crippen LogP contribution >= 0.6 is 15.9 Å². The Morgan fingerprint density at radius 2 is 2.15 bits per heavy atom. The fraction of sp³-hybridized carbons (Fsp3) is 0.556. The number of hydrogen-bond acceptors (Lipinski definition) is 3. The van der Waals surface area contributed by atoms with Crippen LogP contribution in [0.15, 0.2) is 9.00 Å². The molecule has 0 N–H and O–H groups in total. The zero-order valence-corrected chi connectivity index (χ0v) is 8.71. The van der Waals surface area contributed by atoms with Gasteiger partial charge in [-0.1, -0.05) is 18.0 Å². The van der Waals surface area contributed by atoms with Crippen LogP contribution in [0.3, 0.4) is 0 Å². The van der Waals surface area contributed by atoms with Crippen molar-refractivity contribution in [3.8, 4) is 0 Å². The van der Waals surface area contributed by atoms with Gasteiger partial charge in [-0.3, -0.25) is 4.79 Å². The summed E-state index contributed by atoms with van der Waals surface area (Å²) in [6.07, 6.45) is 5.50. The Morgan fingerprint density at radius 1 is 1.46 bits per heavy atom. The first-order valence-electron chi connectivity index (χ1n) is 4.43. The van der Waals surface area contributed by atoms with Crippen molar-refractivity contribution in [2.24, 2.45) is 0 Å². The summed E-state index contributed by atoms with van der Waals surface area (Å²) in [5.41, 5.74) is 0.916. The summed E-state index contributed by atoms with van der Waals surface area (Å²) >= 11 is 3.33. The van der Waals surface area contributed by atoms with Gasteiger partial charge in [0.2, 0.25) is 5.76 Å². The molecule has 1 saturated carbocycles. The lowest BCUT2D eigenvalue weighted by atomic mass is 10.0. The molecule has 1 aromatic heterocycles. The Balaban J connectivity index is 2.29. The predicted octanol–water partition coefficient (Wildman–Crippen LogP) is 2.91. The van der Waals surface area contributed by atoms with Crippen molar-refractivity contribution in [3.63, 3.8) is 0 Å². The zero-order valence-electron chi connectivity index (χ0n) is 7.12. The molecule has 0 bridgehead atoms. The summed E-state index contributed by atoms with van der Waals surface area (Å²) in [6.45, 7) is 0. The fourth-order valence-electron chi connectivity index (χ4n) is 1.83. The predicted molar refractivity (Wildman–Crippen MR) is 50.8 cm³/mol. The quantitative estimate of drug-likeness (QED) is 0.751. The van der Waals surface area contributed by atoms with Crippen molar-refractivity contribution in [2.45, 2.75) is 31.6 Å². The SMILES string of the molecule is O=Cc1onc(C2CCCC2)c1Br. The molecule has 0 spiro atoms. The van der Waals surface area contributed by atoms with Crippen molar-refractivity contribution in [2.75, 3.05) is 0 Å². The molecular weight excluding hydrogens is 234 g/mol. The van der Waals surface area contributed by atoms with Crippen molar-refractivity contribution in [1.29, 1.82) is 0 Å². The van der Waals surface area contributed by atoms with Crippen LogP contribution < -0.4 is 0 Å². The lowest BCUT2D eigenvalue weighted by Crippen LogP contribution is -1.93. The molecule has 0 unspecified atom stereocenters. The third-order valence-corrected chi connectivity index (χ3v) is 3.33. The van der Waals surface area contributed by atoms with Gasteiger partial charge in [-0.2, -0.15) is 0 Å². The molecule has 70 valence electrons. The fourth-order valence-corrected chi connectivity index (χ4v) is 2.39. The Morgan fingerprint density at radius 3 is 2.69 bits per heavy atom. The van der Waals surface area contributed by atoms with E-state index in [4.69, 9.17) is 4.52 Å². The summed E-state index contributed by atoms with van der Waals surface area (Å²) in [6, 6.07) is 0. The maximum absolute atomic E-state index is 10.5. The largest absolute Gasteiger partial charge is 0.352 e. The van der Waals surface area contributed by atoms with Crippen LogP contribution in [-0.4, -0.2) is 11.4 Å². The molecule has 0 saturated heterocycles. The average molecular weight is 244 g/mol. The highest BCUT2D eigenvalue weighted by molar-refractivity contribution is 9.10. The van der Waals surface area contributed by atoms with Gasteiger partial charge >= 0.3 is 0 Å². The van der Waals surface area contributed by atoms with E-state index in [-0.39, 0.29) is 0 Å².